The summed E-state index contributed by atoms with van der Waals surface area (Å²) in [6, 6.07) is 20.9. The minimum absolute atomic E-state index is 0.147. The van der Waals surface area contributed by atoms with Crippen LogP contribution in [0.5, 0.6) is 5.75 Å². The minimum atomic E-state index is -0.317. The summed E-state index contributed by atoms with van der Waals surface area (Å²) >= 11 is 0. The molecule has 0 aliphatic carbocycles. The van der Waals surface area contributed by atoms with Crippen LogP contribution in [0.2, 0.25) is 0 Å². The fraction of sp³-hybridized carbons (Fsp3) is 0.130. The predicted molar refractivity (Wildman–Crippen MR) is 114 cm³/mol. The molecule has 29 heavy (non-hydrogen) atoms. The molecule has 0 radical (unpaired) electrons. The van der Waals surface area contributed by atoms with E-state index in [1.807, 2.05) is 25.1 Å². The Morgan fingerprint density at radius 3 is 2.34 bits per heavy atom. The summed E-state index contributed by atoms with van der Waals surface area (Å²) in [5, 5.41) is 15.6. The SMILES string of the molecule is Cc1ccc(NC(=O)c2ccccc2)cc1NC(=O)N(C)Cc1ccccc1O. The van der Waals surface area contributed by atoms with Crippen molar-refractivity contribution in [1.82, 2.24) is 4.90 Å². The smallest absolute Gasteiger partial charge is 0.321 e. The Morgan fingerprint density at radius 1 is 0.931 bits per heavy atom. The van der Waals surface area contributed by atoms with Crippen molar-refractivity contribution >= 4 is 23.3 Å². The molecule has 0 spiro atoms. The van der Waals surface area contributed by atoms with Gasteiger partial charge in [-0.3, -0.25) is 4.79 Å². The first kappa shape index (κ1) is 19.9. The molecule has 0 saturated carbocycles. The first-order valence-corrected chi connectivity index (χ1v) is 9.20. The quantitative estimate of drug-likeness (QED) is 0.596. The summed E-state index contributed by atoms with van der Waals surface area (Å²) in [5.74, 6) is -0.0719. The number of nitrogens with one attached hydrogen (secondary N) is 2. The maximum Gasteiger partial charge on any atom is 0.321 e. The maximum absolute atomic E-state index is 12.6. The van der Waals surface area contributed by atoms with E-state index in [0.29, 0.717) is 22.5 Å². The molecule has 3 rings (SSSR count). The summed E-state index contributed by atoms with van der Waals surface area (Å²) in [5.41, 5.74) is 3.27. The number of rotatable bonds is 5. The number of aryl methyl sites for hydroxylation is 1. The van der Waals surface area contributed by atoms with Gasteiger partial charge in [-0.2, -0.15) is 0 Å². The van der Waals surface area contributed by atoms with Gasteiger partial charge in [-0.15, -0.1) is 0 Å². The molecule has 0 unspecified atom stereocenters. The van der Waals surface area contributed by atoms with Crippen LogP contribution in [0.4, 0.5) is 16.2 Å². The van der Waals surface area contributed by atoms with Crippen molar-refractivity contribution in [3.63, 3.8) is 0 Å². The lowest BCUT2D eigenvalue weighted by Gasteiger charge is -2.20. The normalized spacial score (nSPS) is 10.3. The number of urea groups is 1. The topological polar surface area (TPSA) is 81.7 Å². The summed E-state index contributed by atoms with van der Waals surface area (Å²) in [6.07, 6.45) is 0. The molecule has 0 bridgehead atoms. The van der Waals surface area contributed by atoms with E-state index >= 15 is 0 Å². The third-order valence-electron chi connectivity index (χ3n) is 4.52. The van der Waals surface area contributed by atoms with Crippen molar-refractivity contribution in [1.29, 1.82) is 0 Å². The van der Waals surface area contributed by atoms with Gasteiger partial charge in [0, 0.05) is 29.5 Å². The summed E-state index contributed by atoms with van der Waals surface area (Å²) in [4.78, 5) is 26.4. The van der Waals surface area contributed by atoms with Crippen LogP contribution in [0.1, 0.15) is 21.5 Å². The number of benzene rings is 3. The molecule has 0 heterocycles. The van der Waals surface area contributed by atoms with Gasteiger partial charge in [0.15, 0.2) is 0 Å². The molecule has 6 nitrogen and oxygen atoms in total. The Kier molecular flexibility index (Phi) is 6.14. The fourth-order valence-corrected chi connectivity index (χ4v) is 2.81. The highest BCUT2D eigenvalue weighted by Gasteiger charge is 2.13. The number of phenolic OH excluding ortho intramolecular Hbond substituents is 1. The molecule has 3 aromatic carbocycles. The van der Waals surface area contributed by atoms with Gasteiger partial charge in [-0.05, 0) is 42.8 Å². The number of amides is 3. The van der Waals surface area contributed by atoms with Crippen LogP contribution in [0.3, 0.4) is 0 Å². The zero-order valence-electron chi connectivity index (χ0n) is 16.3. The molecule has 3 amide bonds. The van der Waals surface area contributed by atoms with Crippen LogP contribution in [0.15, 0.2) is 72.8 Å². The monoisotopic (exact) mass is 389 g/mol. The van der Waals surface area contributed by atoms with Gasteiger partial charge in [-0.25, -0.2) is 4.79 Å². The second kappa shape index (κ2) is 8.93. The maximum atomic E-state index is 12.6. The van der Waals surface area contributed by atoms with Gasteiger partial charge < -0.3 is 20.6 Å². The molecule has 0 aromatic heterocycles. The number of anilines is 2. The number of nitrogens with zero attached hydrogens (tertiary/aromatic N) is 1. The largest absolute Gasteiger partial charge is 0.508 e. The van der Waals surface area contributed by atoms with Crippen LogP contribution in [-0.4, -0.2) is 29.0 Å². The van der Waals surface area contributed by atoms with Crippen molar-refractivity contribution in [2.24, 2.45) is 0 Å². The number of carbonyl (C=O) groups excluding carboxylic acids is 2. The Hall–Kier alpha value is -3.80. The van der Waals surface area contributed by atoms with E-state index in [4.69, 9.17) is 0 Å². The molecular formula is C23H23N3O3. The minimum Gasteiger partial charge on any atom is -0.508 e. The van der Waals surface area contributed by atoms with Crippen LogP contribution < -0.4 is 10.6 Å². The van der Waals surface area contributed by atoms with Crippen LogP contribution >= 0.6 is 0 Å². The van der Waals surface area contributed by atoms with E-state index in [2.05, 4.69) is 10.6 Å². The Bertz CT molecular complexity index is 1020. The molecule has 0 fully saturated rings. The van der Waals surface area contributed by atoms with E-state index in [-0.39, 0.29) is 24.2 Å². The molecule has 0 aliphatic heterocycles. The van der Waals surface area contributed by atoms with E-state index in [1.54, 1.807) is 61.6 Å². The average molecular weight is 389 g/mol. The van der Waals surface area contributed by atoms with Gasteiger partial charge in [-0.1, -0.05) is 42.5 Å². The highest BCUT2D eigenvalue weighted by atomic mass is 16.3. The predicted octanol–water partition coefficient (Wildman–Crippen LogP) is 4.62. The highest BCUT2D eigenvalue weighted by molar-refractivity contribution is 6.04. The van der Waals surface area contributed by atoms with E-state index in [9.17, 15) is 14.7 Å². The number of aromatic hydroxyl groups is 1. The van der Waals surface area contributed by atoms with Gasteiger partial charge in [0.2, 0.25) is 0 Å². The Morgan fingerprint density at radius 2 is 1.62 bits per heavy atom. The lowest BCUT2D eigenvalue weighted by atomic mass is 10.1. The number of hydrogen-bond acceptors (Lipinski definition) is 3. The number of carbonyl (C=O) groups is 2. The number of phenols is 1. The highest BCUT2D eigenvalue weighted by Crippen LogP contribution is 2.22. The van der Waals surface area contributed by atoms with Gasteiger partial charge in [0.1, 0.15) is 5.75 Å². The second-order valence-corrected chi connectivity index (χ2v) is 6.76. The molecule has 0 saturated heterocycles. The molecule has 0 atom stereocenters. The molecule has 3 aromatic rings. The molecular weight excluding hydrogens is 366 g/mol. The third kappa shape index (κ3) is 5.13. The number of para-hydroxylation sites is 1. The Labute approximate surface area is 169 Å². The average Bonchev–Trinajstić information content (AvgIpc) is 2.72. The van der Waals surface area contributed by atoms with Crippen molar-refractivity contribution in [3.05, 3.63) is 89.5 Å². The van der Waals surface area contributed by atoms with E-state index < -0.39 is 0 Å². The van der Waals surface area contributed by atoms with Gasteiger partial charge in [0.05, 0.1) is 6.54 Å². The van der Waals surface area contributed by atoms with Gasteiger partial charge >= 0.3 is 6.03 Å². The summed E-state index contributed by atoms with van der Waals surface area (Å²) in [7, 11) is 1.65. The zero-order chi connectivity index (χ0) is 20.8. The van der Waals surface area contributed by atoms with Crippen molar-refractivity contribution in [2.75, 3.05) is 17.7 Å². The van der Waals surface area contributed by atoms with Crippen LogP contribution in [0, 0.1) is 6.92 Å². The van der Waals surface area contributed by atoms with Crippen molar-refractivity contribution in [2.45, 2.75) is 13.5 Å². The van der Waals surface area contributed by atoms with Crippen molar-refractivity contribution < 1.29 is 14.7 Å². The summed E-state index contributed by atoms with van der Waals surface area (Å²) in [6.45, 7) is 2.14. The van der Waals surface area contributed by atoms with Crippen LogP contribution in [-0.2, 0) is 6.54 Å². The van der Waals surface area contributed by atoms with E-state index in [1.165, 1.54) is 4.90 Å². The van der Waals surface area contributed by atoms with Crippen LogP contribution in [0.25, 0.3) is 0 Å². The fourth-order valence-electron chi connectivity index (χ4n) is 2.81. The first-order chi connectivity index (χ1) is 13.9. The third-order valence-corrected chi connectivity index (χ3v) is 4.52. The molecule has 0 aliphatic rings. The zero-order valence-corrected chi connectivity index (χ0v) is 16.3. The molecule has 3 N–H and O–H groups in total. The Balaban J connectivity index is 1.68. The lowest BCUT2D eigenvalue weighted by Crippen LogP contribution is -2.31. The summed E-state index contributed by atoms with van der Waals surface area (Å²) < 4.78 is 0. The van der Waals surface area contributed by atoms with E-state index in [0.717, 1.165) is 5.56 Å². The van der Waals surface area contributed by atoms with Crippen molar-refractivity contribution in [3.8, 4) is 5.75 Å². The number of hydrogen-bond donors (Lipinski definition) is 3. The molecule has 6 heteroatoms. The van der Waals surface area contributed by atoms with Gasteiger partial charge in [0.25, 0.3) is 5.91 Å². The second-order valence-electron chi connectivity index (χ2n) is 6.76. The first-order valence-electron chi connectivity index (χ1n) is 9.20. The standard InChI is InChI=1S/C23H23N3O3/c1-16-12-13-19(24-22(28)17-8-4-3-5-9-17)14-20(16)25-23(29)26(2)15-18-10-6-7-11-21(18)27/h3-14,27H,15H2,1-2H3,(H,24,28)(H,25,29). The molecule has 148 valence electrons. The lowest BCUT2D eigenvalue weighted by molar-refractivity contribution is 0.102.